The standard InChI is InChI=1S/C13H21N3OS/c1-4-6-15-10(2)11-5-7-16-13(8-11)18-9-12(17)14-3/h5,7-8,10,15H,4,6,9H2,1-3H3,(H,14,17). The Morgan fingerprint density at radius 3 is 3.00 bits per heavy atom. The Labute approximate surface area is 113 Å². The summed E-state index contributed by atoms with van der Waals surface area (Å²) in [6.07, 6.45) is 2.92. The quantitative estimate of drug-likeness (QED) is 0.742. The SMILES string of the molecule is CCCNC(C)c1ccnc(SCC(=O)NC)c1. The number of rotatable bonds is 7. The van der Waals surface area contributed by atoms with Gasteiger partial charge in [-0.15, -0.1) is 0 Å². The van der Waals surface area contributed by atoms with E-state index in [0.29, 0.717) is 11.8 Å². The number of nitrogens with one attached hydrogen (secondary N) is 2. The van der Waals surface area contributed by atoms with Crippen LogP contribution in [0.2, 0.25) is 0 Å². The molecule has 0 spiro atoms. The van der Waals surface area contributed by atoms with Gasteiger partial charge in [-0.3, -0.25) is 4.79 Å². The van der Waals surface area contributed by atoms with Crippen LogP contribution in [0.3, 0.4) is 0 Å². The maximum Gasteiger partial charge on any atom is 0.230 e. The summed E-state index contributed by atoms with van der Waals surface area (Å²) in [5.74, 6) is 0.424. The summed E-state index contributed by atoms with van der Waals surface area (Å²) in [6.45, 7) is 5.29. The van der Waals surface area contributed by atoms with Gasteiger partial charge in [-0.2, -0.15) is 0 Å². The van der Waals surface area contributed by atoms with Crippen LogP contribution in [0.1, 0.15) is 31.9 Å². The molecule has 0 aliphatic heterocycles. The predicted octanol–water partition coefficient (Wildman–Crippen LogP) is 1.98. The summed E-state index contributed by atoms with van der Waals surface area (Å²) in [5.41, 5.74) is 1.21. The Bertz CT molecular complexity index is 384. The van der Waals surface area contributed by atoms with Crippen LogP contribution >= 0.6 is 11.8 Å². The Hall–Kier alpha value is -1.07. The molecule has 1 heterocycles. The van der Waals surface area contributed by atoms with Crippen molar-refractivity contribution in [3.63, 3.8) is 0 Å². The van der Waals surface area contributed by atoms with Crippen LogP contribution in [0.4, 0.5) is 0 Å². The Balaban J connectivity index is 2.58. The molecule has 0 aliphatic carbocycles. The highest BCUT2D eigenvalue weighted by molar-refractivity contribution is 7.99. The number of amides is 1. The van der Waals surface area contributed by atoms with Gasteiger partial charge in [0.05, 0.1) is 10.8 Å². The summed E-state index contributed by atoms with van der Waals surface area (Å²) in [6, 6.07) is 4.37. The highest BCUT2D eigenvalue weighted by Gasteiger charge is 2.07. The van der Waals surface area contributed by atoms with Crippen molar-refractivity contribution in [1.82, 2.24) is 15.6 Å². The third-order valence-corrected chi connectivity index (χ3v) is 3.51. The fraction of sp³-hybridized carbons (Fsp3) is 0.538. The summed E-state index contributed by atoms with van der Waals surface area (Å²) >= 11 is 1.46. The van der Waals surface area contributed by atoms with Crippen LogP contribution in [-0.2, 0) is 4.79 Å². The number of pyridine rings is 1. The van der Waals surface area contributed by atoms with Gasteiger partial charge in [-0.1, -0.05) is 18.7 Å². The first-order chi connectivity index (χ1) is 8.67. The van der Waals surface area contributed by atoms with Crippen molar-refractivity contribution in [1.29, 1.82) is 0 Å². The van der Waals surface area contributed by atoms with E-state index >= 15 is 0 Å². The van der Waals surface area contributed by atoms with Gasteiger partial charge in [0.15, 0.2) is 0 Å². The average Bonchev–Trinajstić information content (AvgIpc) is 2.42. The molecular weight excluding hydrogens is 246 g/mol. The van der Waals surface area contributed by atoms with Crippen molar-refractivity contribution < 1.29 is 4.79 Å². The van der Waals surface area contributed by atoms with Gasteiger partial charge in [0.25, 0.3) is 0 Å². The lowest BCUT2D eigenvalue weighted by atomic mass is 10.1. The molecule has 0 saturated carbocycles. The van der Waals surface area contributed by atoms with E-state index < -0.39 is 0 Å². The molecule has 0 aliphatic rings. The molecule has 1 aromatic heterocycles. The van der Waals surface area contributed by atoms with Crippen molar-refractivity contribution in [2.45, 2.75) is 31.3 Å². The van der Waals surface area contributed by atoms with E-state index in [1.807, 2.05) is 12.1 Å². The van der Waals surface area contributed by atoms with Crippen LogP contribution < -0.4 is 10.6 Å². The molecule has 1 amide bonds. The summed E-state index contributed by atoms with van der Waals surface area (Å²) in [5, 5.41) is 6.93. The first-order valence-corrected chi connectivity index (χ1v) is 7.18. The van der Waals surface area contributed by atoms with E-state index in [-0.39, 0.29) is 5.91 Å². The summed E-state index contributed by atoms with van der Waals surface area (Å²) in [4.78, 5) is 15.4. The van der Waals surface area contributed by atoms with Gasteiger partial charge < -0.3 is 10.6 Å². The van der Waals surface area contributed by atoms with Gasteiger partial charge in [0, 0.05) is 19.3 Å². The highest BCUT2D eigenvalue weighted by Crippen LogP contribution is 2.19. The topological polar surface area (TPSA) is 54.0 Å². The fourth-order valence-electron chi connectivity index (χ4n) is 1.46. The van der Waals surface area contributed by atoms with E-state index in [2.05, 4.69) is 29.5 Å². The molecule has 0 bridgehead atoms. The van der Waals surface area contributed by atoms with Crippen LogP contribution in [0.15, 0.2) is 23.4 Å². The molecular formula is C13H21N3OS. The van der Waals surface area contributed by atoms with E-state index in [4.69, 9.17) is 0 Å². The second-order valence-corrected chi connectivity index (χ2v) is 5.06. The van der Waals surface area contributed by atoms with Crippen molar-refractivity contribution in [3.05, 3.63) is 23.9 Å². The van der Waals surface area contributed by atoms with Crippen molar-refractivity contribution in [2.24, 2.45) is 0 Å². The molecule has 1 atom stereocenters. The molecule has 18 heavy (non-hydrogen) atoms. The summed E-state index contributed by atoms with van der Waals surface area (Å²) in [7, 11) is 1.64. The van der Waals surface area contributed by atoms with Crippen LogP contribution in [0.5, 0.6) is 0 Å². The van der Waals surface area contributed by atoms with Gasteiger partial charge in [0.2, 0.25) is 5.91 Å². The Morgan fingerprint density at radius 1 is 1.56 bits per heavy atom. The molecule has 5 heteroatoms. The fourth-order valence-corrected chi connectivity index (χ4v) is 2.24. The lowest BCUT2D eigenvalue weighted by molar-refractivity contribution is -0.118. The lowest BCUT2D eigenvalue weighted by Crippen LogP contribution is -2.20. The normalized spacial score (nSPS) is 12.2. The monoisotopic (exact) mass is 267 g/mol. The van der Waals surface area contributed by atoms with Crippen molar-refractivity contribution in [2.75, 3.05) is 19.3 Å². The summed E-state index contributed by atoms with van der Waals surface area (Å²) < 4.78 is 0. The molecule has 2 N–H and O–H groups in total. The number of hydrogen-bond donors (Lipinski definition) is 2. The number of thioether (sulfide) groups is 1. The third kappa shape index (κ3) is 5.06. The molecule has 1 unspecified atom stereocenters. The highest BCUT2D eigenvalue weighted by atomic mass is 32.2. The number of carbonyl (C=O) groups excluding carboxylic acids is 1. The van der Waals surface area contributed by atoms with E-state index in [9.17, 15) is 4.79 Å². The first kappa shape index (κ1) is 15.0. The number of hydrogen-bond acceptors (Lipinski definition) is 4. The first-order valence-electron chi connectivity index (χ1n) is 6.20. The second-order valence-electron chi connectivity index (χ2n) is 4.07. The molecule has 4 nitrogen and oxygen atoms in total. The van der Waals surface area contributed by atoms with Gasteiger partial charge in [0.1, 0.15) is 0 Å². The average molecular weight is 267 g/mol. The Kier molecular flexibility index (Phi) is 6.75. The van der Waals surface area contributed by atoms with Gasteiger partial charge in [-0.25, -0.2) is 4.98 Å². The molecule has 0 fully saturated rings. The van der Waals surface area contributed by atoms with Gasteiger partial charge >= 0.3 is 0 Å². The van der Waals surface area contributed by atoms with Crippen molar-refractivity contribution >= 4 is 17.7 Å². The molecule has 1 rings (SSSR count). The molecule has 100 valence electrons. The van der Waals surface area contributed by atoms with Crippen LogP contribution in [0.25, 0.3) is 0 Å². The van der Waals surface area contributed by atoms with E-state index in [1.165, 1.54) is 17.3 Å². The molecule has 0 saturated heterocycles. The smallest absolute Gasteiger partial charge is 0.230 e. The number of carbonyl (C=O) groups is 1. The van der Waals surface area contributed by atoms with E-state index in [0.717, 1.165) is 18.0 Å². The number of nitrogens with zero attached hydrogens (tertiary/aromatic N) is 1. The predicted molar refractivity (Wildman–Crippen MR) is 75.7 cm³/mol. The zero-order valence-electron chi connectivity index (χ0n) is 11.2. The van der Waals surface area contributed by atoms with Gasteiger partial charge in [-0.05, 0) is 37.6 Å². The number of aromatic nitrogens is 1. The largest absolute Gasteiger partial charge is 0.358 e. The van der Waals surface area contributed by atoms with Crippen molar-refractivity contribution in [3.8, 4) is 0 Å². The molecule has 0 radical (unpaired) electrons. The Morgan fingerprint density at radius 2 is 2.33 bits per heavy atom. The van der Waals surface area contributed by atoms with E-state index in [1.54, 1.807) is 13.2 Å². The zero-order chi connectivity index (χ0) is 13.4. The maximum atomic E-state index is 11.2. The third-order valence-electron chi connectivity index (χ3n) is 2.59. The van der Waals surface area contributed by atoms with Crippen LogP contribution in [0, 0.1) is 0 Å². The molecule has 0 aromatic carbocycles. The zero-order valence-corrected chi connectivity index (χ0v) is 12.0. The minimum atomic E-state index is 0.0179. The molecule has 1 aromatic rings. The second kappa shape index (κ2) is 8.11. The van der Waals surface area contributed by atoms with Crippen LogP contribution in [-0.4, -0.2) is 30.2 Å². The maximum absolute atomic E-state index is 11.2. The minimum absolute atomic E-state index is 0.0179. The lowest BCUT2D eigenvalue weighted by Gasteiger charge is -2.14. The minimum Gasteiger partial charge on any atom is -0.358 e.